The third kappa shape index (κ3) is 2.67. The van der Waals surface area contributed by atoms with Crippen LogP contribution in [0.1, 0.15) is 36.2 Å². The molecular weight excluding hydrogens is 309 g/mol. The minimum Gasteiger partial charge on any atom is -0.457 e. The fraction of sp³-hybridized carbons (Fsp3) is 0.200. The van der Waals surface area contributed by atoms with Crippen LogP contribution in [0.2, 0.25) is 0 Å². The Kier molecular flexibility index (Phi) is 4.33. The standard InChI is InChI=1S/C20H18N3.Al/c1-12-10-22-19(14(12)3)18(20-15(4)13(2)11-23-20)16-6-8-17(21-5)9-7-16;/h6-11H,1-4H3;/q-1;+1/b19-18-;. The maximum Gasteiger partial charge on any atom is 0.317 e. The average Bonchev–Trinajstić information content (AvgIpc) is 3.03. The molecule has 0 saturated carbocycles. The van der Waals surface area contributed by atoms with Crippen LogP contribution in [-0.4, -0.2) is 26.3 Å². The van der Waals surface area contributed by atoms with Gasteiger partial charge in [0.05, 0.1) is 12.3 Å². The monoisotopic (exact) mass is 327 g/mol. The van der Waals surface area contributed by atoms with Gasteiger partial charge in [0.15, 0.2) is 5.69 Å². The highest BCUT2D eigenvalue weighted by Gasteiger charge is 2.21. The lowest BCUT2D eigenvalue weighted by atomic mass is 9.94. The number of rotatable bonds is 2. The molecule has 2 radical (unpaired) electrons. The molecule has 0 amide bonds. The van der Waals surface area contributed by atoms with E-state index in [4.69, 9.17) is 6.57 Å². The van der Waals surface area contributed by atoms with Crippen molar-refractivity contribution >= 4 is 34.0 Å². The Bertz CT molecular complexity index is 948. The Balaban J connectivity index is 2.33. The second-order valence-corrected chi connectivity index (χ2v) is 6.70. The molecule has 2 aromatic rings. The molecule has 0 fully saturated rings. The second-order valence-electron chi connectivity index (χ2n) is 6.14. The zero-order valence-corrected chi connectivity index (χ0v) is 15.5. The molecule has 2 heterocycles. The van der Waals surface area contributed by atoms with Crippen LogP contribution in [0.4, 0.5) is 5.69 Å². The average molecular weight is 327 g/mol. The topological polar surface area (TPSA) is 21.6 Å². The number of allylic oxidation sites excluding steroid dienone is 2. The van der Waals surface area contributed by atoms with Crippen molar-refractivity contribution in [3.05, 3.63) is 81.1 Å². The normalized spacial score (nSPS) is 15.8. The summed E-state index contributed by atoms with van der Waals surface area (Å²) in [6.45, 7) is 15.6. The number of aromatic nitrogens is 1. The molecule has 0 unspecified atom stereocenters. The van der Waals surface area contributed by atoms with Crippen LogP contribution in [0, 0.1) is 20.4 Å². The molecule has 0 aliphatic carbocycles. The number of nitrogens with zero attached hydrogens (tertiary/aromatic N) is 3. The van der Waals surface area contributed by atoms with Crippen LogP contribution in [0.15, 0.2) is 52.3 Å². The van der Waals surface area contributed by atoms with Crippen LogP contribution in [0.3, 0.4) is 0 Å². The third-order valence-corrected chi connectivity index (χ3v) is 5.04. The van der Waals surface area contributed by atoms with Crippen LogP contribution < -0.4 is 0 Å². The summed E-state index contributed by atoms with van der Waals surface area (Å²) < 4.78 is 2.09. The first kappa shape index (κ1) is 16.5. The van der Waals surface area contributed by atoms with Crippen molar-refractivity contribution in [2.75, 3.05) is 0 Å². The first-order valence-electron chi connectivity index (χ1n) is 7.82. The van der Waals surface area contributed by atoms with E-state index in [-0.39, 0.29) is 0 Å². The molecule has 0 bridgehead atoms. The molecule has 0 spiro atoms. The van der Waals surface area contributed by atoms with E-state index in [0.29, 0.717) is 5.69 Å². The van der Waals surface area contributed by atoms with E-state index in [1.165, 1.54) is 22.3 Å². The Morgan fingerprint density at radius 2 is 1.79 bits per heavy atom. The minimum absolute atomic E-state index is 0.649. The van der Waals surface area contributed by atoms with Gasteiger partial charge in [0.2, 0.25) is 0 Å². The SMILES string of the molecule is [C-]#[N+]c1ccc(/C(=C2/N=CC(C)=C2C)c2c(C)c(C)c[n]2[Al])cc1. The summed E-state index contributed by atoms with van der Waals surface area (Å²) in [6.07, 6.45) is 4.05. The fourth-order valence-corrected chi connectivity index (χ4v) is 3.50. The Morgan fingerprint density at radius 1 is 1.12 bits per heavy atom. The number of hydrogen-bond acceptors (Lipinski definition) is 1. The Hall–Kier alpha value is -2.33. The van der Waals surface area contributed by atoms with Gasteiger partial charge >= 0.3 is 16.5 Å². The first-order chi connectivity index (χ1) is 11.4. The maximum atomic E-state index is 7.16. The van der Waals surface area contributed by atoms with Crippen LogP contribution in [0.5, 0.6) is 0 Å². The van der Waals surface area contributed by atoms with Gasteiger partial charge in [0.25, 0.3) is 0 Å². The van der Waals surface area contributed by atoms with Crippen molar-refractivity contribution in [2.45, 2.75) is 27.7 Å². The predicted octanol–water partition coefficient (Wildman–Crippen LogP) is 4.77. The van der Waals surface area contributed by atoms with Crippen LogP contribution in [-0.2, 0) is 0 Å². The van der Waals surface area contributed by atoms with Gasteiger partial charge in [-0.15, -0.1) is 0 Å². The lowest BCUT2D eigenvalue weighted by molar-refractivity contribution is 1.18. The largest absolute Gasteiger partial charge is 0.457 e. The van der Waals surface area contributed by atoms with Crippen LogP contribution in [0.25, 0.3) is 10.4 Å². The van der Waals surface area contributed by atoms with Gasteiger partial charge in [-0.1, -0.05) is 24.3 Å². The van der Waals surface area contributed by atoms with Crippen molar-refractivity contribution in [1.29, 1.82) is 0 Å². The minimum atomic E-state index is 0.649. The highest BCUT2D eigenvalue weighted by Crippen LogP contribution is 2.37. The van der Waals surface area contributed by atoms with Gasteiger partial charge in [-0.25, -0.2) is 4.85 Å². The van der Waals surface area contributed by atoms with E-state index >= 15 is 0 Å². The van der Waals surface area contributed by atoms with Crippen molar-refractivity contribution in [2.24, 2.45) is 4.99 Å². The molecule has 1 aromatic carbocycles. The summed E-state index contributed by atoms with van der Waals surface area (Å²) in [6, 6.07) is 7.76. The highest BCUT2D eigenvalue weighted by atomic mass is 27.1. The van der Waals surface area contributed by atoms with Gasteiger partial charge in [0.1, 0.15) is 0 Å². The second kappa shape index (κ2) is 6.29. The summed E-state index contributed by atoms with van der Waals surface area (Å²) in [7, 11) is 0. The molecule has 0 saturated heterocycles. The first-order valence-corrected chi connectivity index (χ1v) is 8.33. The highest BCUT2D eigenvalue weighted by molar-refractivity contribution is 6.09. The lowest BCUT2D eigenvalue weighted by Crippen LogP contribution is -2.03. The molecule has 1 aromatic heterocycles. The smallest absolute Gasteiger partial charge is 0.317 e. The molecule has 1 aliphatic rings. The number of benzene rings is 1. The third-order valence-electron chi connectivity index (χ3n) is 4.63. The van der Waals surface area contributed by atoms with E-state index in [1.54, 1.807) is 0 Å². The van der Waals surface area contributed by atoms with Crippen LogP contribution >= 0.6 is 0 Å². The summed E-state index contributed by atoms with van der Waals surface area (Å²) in [4.78, 5) is 8.18. The molecule has 24 heavy (non-hydrogen) atoms. The Morgan fingerprint density at radius 3 is 2.25 bits per heavy atom. The summed E-state index contributed by atoms with van der Waals surface area (Å²) in [5.41, 5.74) is 9.87. The zero-order valence-electron chi connectivity index (χ0n) is 14.4. The summed E-state index contributed by atoms with van der Waals surface area (Å²) >= 11 is 2.77. The van der Waals surface area contributed by atoms with E-state index in [2.05, 4.69) is 63.8 Å². The van der Waals surface area contributed by atoms with E-state index < -0.39 is 0 Å². The molecule has 4 heteroatoms. The number of aryl methyl sites for hydroxylation is 1. The predicted molar refractivity (Wildman–Crippen MR) is 101 cm³/mol. The number of hydrogen-bond donors (Lipinski definition) is 0. The van der Waals surface area contributed by atoms with Gasteiger partial charge in [-0.05, 0) is 61.7 Å². The number of aliphatic imine (C=N–C) groups is 1. The van der Waals surface area contributed by atoms with E-state index in [1.807, 2.05) is 30.5 Å². The fourth-order valence-electron chi connectivity index (χ4n) is 2.95. The Labute approximate surface area is 151 Å². The molecular formula is C20H18AlN3. The van der Waals surface area contributed by atoms with Gasteiger partial charge in [0, 0.05) is 17.5 Å². The summed E-state index contributed by atoms with van der Waals surface area (Å²) in [5, 5.41) is 0. The van der Waals surface area contributed by atoms with Crippen molar-refractivity contribution < 1.29 is 0 Å². The molecule has 3 rings (SSSR count). The molecule has 0 atom stereocenters. The van der Waals surface area contributed by atoms with Gasteiger partial charge in [-0.2, -0.15) is 0 Å². The van der Waals surface area contributed by atoms with Crippen molar-refractivity contribution in [3.8, 4) is 0 Å². The van der Waals surface area contributed by atoms with Gasteiger partial charge in [-0.3, -0.25) is 4.99 Å². The van der Waals surface area contributed by atoms with Gasteiger partial charge < -0.3 is 3.55 Å². The molecule has 0 N–H and O–H groups in total. The summed E-state index contributed by atoms with van der Waals surface area (Å²) in [5.74, 6) is 0. The lowest BCUT2D eigenvalue weighted by Gasteiger charge is -2.16. The molecule has 116 valence electrons. The van der Waals surface area contributed by atoms with Crippen molar-refractivity contribution in [3.63, 3.8) is 0 Å². The van der Waals surface area contributed by atoms with E-state index in [0.717, 1.165) is 22.5 Å². The maximum absolute atomic E-state index is 7.16. The van der Waals surface area contributed by atoms with E-state index in [9.17, 15) is 0 Å². The molecule has 1 aliphatic heterocycles. The molecule has 3 nitrogen and oxygen atoms in total. The quantitative estimate of drug-likeness (QED) is 0.560. The zero-order chi connectivity index (χ0) is 17.4. The van der Waals surface area contributed by atoms with Crippen molar-refractivity contribution in [1.82, 2.24) is 3.55 Å².